The minimum atomic E-state index is -3.60. The number of ether oxygens (including phenoxy) is 1. The molecule has 2 aromatic carbocycles. The van der Waals surface area contributed by atoms with E-state index in [1.165, 1.54) is 16.1 Å². The molecule has 0 bridgehead atoms. The van der Waals surface area contributed by atoms with E-state index in [1.807, 2.05) is 35.7 Å². The van der Waals surface area contributed by atoms with E-state index in [1.54, 1.807) is 35.6 Å². The Morgan fingerprint density at radius 3 is 2.61 bits per heavy atom. The van der Waals surface area contributed by atoms with Crippen molar-refractivity contribution in [2.45, 2.75) is 15.9 Å². The lowest BCUT2D eigenvalue weighted by Gasteiger charge is -2.26. The lowest BCUT2D eigenvalue weighted by molar-refractivity contribution is 0.0730. The number of morpholine rings is 1. The fourth-order valence-corrected chi connectivity index (χ4v) is 6.37. The van der Waals surface area contributed by atoms with Crippen LogP contribution in [-0.4, -0.2) is 54.2 Å². The second-order valence-electron chi connectivity index (χ2n) is 7.22. The fraction of sp³-hybridized carbons (Fsp3) is 0.227. The van der Waals surface area contributed by atoms with Crippen LogP contribution in [0.3, 0.4) is 0 Å². The number of benzene rings is 2. The molecule has 170 valence electrons. The van der Waals surface area contributed by atoms with E-state index in [9.17, 15) is 8.42 Å². The van der Waals surface area contributed by atoms with Gasteiger partial charge in [-0.1, -0.05) is 48.2 Å². The van der Waals surface area contributed by atoms with E-state index >= 15 is 0 Å². The smallest absolute Gasteiger partial charge is 0.277 e. The molecular weight excluding hydrogens is 480 g/mol. The lowest BCUT2D eigenvalue weighted by atomic mass is 10.2. The van der Waals surface area contributed by atoms with Crippen molar-refractivity contribution in [2.75, 3.05) is 26.3 Å². The second kappa shape index (κ2) is 9.74. The quantitative estimate of drug-likeness (QED) is 0.349. The molecule has 8 nitrogen and oxygen atoms in total. The molecule has 0 saturated carbocycles. The zero-order valence-electron chi connectivity index (χ0n) is 17.5. The van der Waals surface area contributed by atoms with Crippen molar-refractivity contribution in [3.8, 4) is 22.0 Å². The Morgan fingerprint density at radius 2 is 1.79 bits per heavy atom. The van der Waals surface area contributed by atoms with E-state index in [-0.39, 0.29) is 10.8 Å². The molecule has 1 saturated heterocycles. The number of thioether (sulfide) groups is 1. The third-order valence-corrected chi connectivity index (χ3v) is 8.70. The Hall–Kier alpha value is -2.57. The standard InChI is InChI=1S/C22H20N4O4S3/c27-33(28,26-9-11-29-12-10-26)19-8-4-7-17(13-19)20-24-25-22(30-20)32-15-18-14-31-21(23-18)16-5-2-1-3-6-16/h1-8,13-14H,9-12,15H2. The van der Waals surface area contributed by atoms with Gasteiger partial charge >= 0.3 is 0 Å². The van der Waals surface area contributed by atoms with Crippen molar-refractivity contribution in [3.05, 3.63) is 65.7 Å². The molecule has 33 heavy (non-hydrogen) atoms. The van der Waals surface area contributed by atoms with Crippen molar-refractivity contribution in [1.82, 2.24) is 19.5 Å². The molecule has 1 fully saturated rings. The van der Waals surface area contributed by atoms with Crippen molar-refractivity contribution >= 4 is 33.1 Å². The van der Waals surface area contributed by atoms with Crippen LogP contribution in [-0.2, 0) is 20.5 Å². The summed E-state index contributed by atoms with van der Waals surface area (Å²) in [4.78, 5) is 4.87. The molecule has 0 radical (unpaired) electrons. The monoisotopic (exact) mass is 500 g/mol. The van der Waals surface area contributed by atoms with Gasteiger partial charge in [-0.3, -0.25) is 0 Å². The van der Waals surface area contributed by atoms with Gasteiger partial charge in [0.2, 0.25) is 15.9 Å². The Morgan fingerprint density at radius 1 is 1.00 bits per heavy atom. The van der Waals surface area contributed by atoms with E-state index in [2.05, 4.69) is 15.2 Å². The topological polar surface area (TPSA) is 98.4 Å². The molecule has 2 aromatic heterocycles. The average Bonchev–Trinajstić information content (AvgIpc) is 3.54. The zero-order valence-corrected chi connectivity index (χ0v) is 19.9. The lowest BCUT2D eigenvalue weighted by Crippen LogP contribution is -2.40. The summed E-state index contributed by atoms with van der Waals surface area (Å²) in [6, 6.07) is 16.6. The molecule has 4 aromatic rings. The molecule has 0 atom stereocenters. The summed E-state index contributed by atoms with van der Waals surface area (Å²) < 4.78 is 38.3. The van der Waals surface area contributed by atoms with Crippen LogP contribution in [0.2, 0.25) is 0 Å². The molecule has 1 aliphatic rings. The highest BCUT2D eigenvalue weighted by Crippen LogP contribution is 2.30. The molecular formula is C22H20N4O4S3. The summed E-state index contributed by atoms with van der Waals surface area (Å²) in [5, 5.41) is 11.6. The number of aromatic nitrogens is 3. The van der Waals surface area contributed by atoms with Gasteiger partial charge in [0.1, 0.15) is 5.01 Å². The van der Waals surface area contributed by atoms with Crippen molar-refractivity contribution < 1.29 is 17.6 Å². The summed E-state index contributed by atoms with van der Waals surface area (Å²) in [6.07, 6.45) is 0. The van der Waals surface area contributed by atoms with Crippen LogP contribution < -0.4 is 0 Å². The van der Waals surface area contributed by atoms with Crippen LogP contribution in [0.4, 0.5) is 0 Å². The van der Waals surface area contributed by atoms with E-state index < -0.39 is 10.0 Å². The molecule has 0 aliphatic carbocycles. The van der Waals surface area contributed by atoms with Gasteiger partial charge in [0, 0.05) is 35.3 Å². The van der Waals surface area contributed by atoms with Gasteiger partial charge in [-0.05, 0) is 18.2 Å². The maximum Gasteiger partial charge on any atom is 0.277 e. The third kappa shape index (κ3) is 5.02. The van der Waals surface area contributed by atoms with E-state index in [0.717, 1.165) is 16.3 Å². The average molecular weight is 501 g/mol. The van der Waals surface area contributed by atoms with Crippen LogP contribution in [0.15, 0.2) is 74.5 Å². The van der Waals surface area contributed by atoms with Crippen LogP contribution in [0.5, 0.6) is 0 Å². The molecule has 0 spiro atoms. The first-order valence-corrected chi connectivity index (χ1v) is 13.5. The predicted molar refractivity (Wildman–Crippen MR) is 126 cm³/mol. The van der Waals surface area contributed by atoms with Gasteiger partial charge in [0.15, 0.2) is 0 Å². The Kier molecular flexibility index (Phi) is 6.56. The molecule has 3 heterocycles. The number of rotatable bonds is 7. The first kappa shape index (κ1) is 22.2. The van der Waals surface area contributed by atoms with Gasteiger partial charge < -0.3 is 9.15 Å². The predicted octanol–water partition coefficient (Wildman–Crippen LogP) is 4.17. The largest absolute Gasteiger partial charge is 0.411 e. The third-order valence-electron chi connectivity index (χ3n) is 5.01. The van der Waals surface area contributed by atoms with Gasteiger partial charge in [-0.25, -0.2) is 13.4 Å². The minimum Gasteiger partial charge on any atom is -0.411 e. The molecule has 5 rings (SSSR count). The Labute approximate surface area is 199 Å². The molecule has 0 N–H and O–H groups in total. The molecule has 0 amide bonds. The molecule has 11 heteroatoms. The minimum absolute atomic E-state index is 0.199. The highest BCUT2D eigenvalue weighted by molar-refractivity contribution is 7.98. The van der Waals surface area contributed by atoms with Gasteiger partial charge in [-0.2, -0.15) is 4.31 Å². The number of sulfonamides is 1. The highest BCUT2D eigenvalue weighted by Gasteiger charge is 2.27. The van der Waals surface area contributed by atoms with Gasteiger partial charge in [-0.15, -0.1) is 21.5 Å². The van der Waals surface area contributed by atoms with Crippen molar-refractivity contribution in [1.29, 1.82) is 0 Å². The summed E-state index contributed by atoms with van der Waals surface area (Å²) in [6.45, 7) is 1.48. The summed E-state index contributed by atoms with van der Waals surface area (Å²) >= 11 is 2.99. The maximum absolute atomic E-state index is 12.9. The SMILES string of the molecule is O=S(=O)(c1cccc(-c2nnc(SCc3csc(-c4ccccc4)n3)o2)c1)N1CCOCC1. The number of hydrogen-bond acceptors (Lipinski definition) is 9. The fourth-order valence-electron chi connectivity index (χ4n) is 3.33. The highest BCUT2D eigenvalue weighted by atomic mass is 32.2. The van der Waals surface area contributed by atoms with Crippen molar-refractivity contribution in [2.24, 2.45) is 0 Å². The van der Waals surface area contributed by atoms with Crippen LogP contribution in [0.1, 0.15) is 5.69 Å². The van der Waals surface area contributed by atoms with E-state index in [0.29, 0.717) is 42.8 Å². The summed E-state index contributed by atoms with van der Waals surface area (Å²) in [5.74, 6) is 0.871. The van der Waals surface area contributed by atoms with Crippen LogP contribution in [0.25, 0.3) is 22.0 Å². The normalized spacial score (nSPS) is 15.0. The second-order valence-corrected chi connectivity index (χ2v) is 10.9. The zero-order chi connectivity index (χ0) is 22.7. The van der Waals surface area contributed by atoms with E-state index in [4.69, 9.17) is 9.15 Å². The summed E-state index contributed by atoms with van der Waals surface area (Å²) in [7, 11) is -3.60. The van der Waals surface area contributed by atoms with Crippen molar-refractivity contribution in [3.63, 3.8) is 0 Å². The maximum atomic E-state index is 12.9. The first-order valence-electron chi connectivity index (χ1n) is 10.2. The number of thiazole rings is 1. The van der Waals surface area contributed by atoms with Gasteiger partial charge in [0.05, 0.1) is 23.8 Å². The van der Waals surface area contributed by atoms with Gasteiger partial charge in [0.25, 0.3) is 5.22 Å². The number of nitrogens with zero attached hydrogens (tertiary/aromatic N) is 4. The first-order chi connectivity index (χ1) is 16.1. The van der Waals surface area contributed by atoms with Crippen LogP contribution in [0, 0.1) is 0 Å². The summed E-state index contributed by atoms with van der Waals surface area (Å²) in [5.41, 5.74) is 2.58. The molecule has 1 aliphatic heterocycles. The Balaban J connectivity index is 1.27. The van der Waals surface area contributed by atoms with Crippen LogP contribution >= 0.6 is 23.1 Å². The Bertz CT molecular complexity index is 1330. The molecule has 0 unspecified atom stereocenters. The number of hydrogen-bond donors (Lipinski definition) is 0.